The Morgan fingerprint density at radius 2 is 2.06 bits per heavy atom. The summed E-state index contributed by atoms with van der Waals surface area (Å²) in [5.74, 6) is -0.335. The molecule has 2 N–H and O–H groups in total. The number of nitrogens with two attached hydrogens (primary N) is 1. The molecule has 2 aromatic rings. The van der Waals surface area contributed by atoms with Crippen LogP contribution in [0.4, 0.5) is 5.69 Å². The lowest BCUT2D eigenvalue weighted by Crippen LogP contribution is -2.57. The van der Waals surface area contributed by atoms with Gasteiger partial charge in [0.2, 0.25) is 5.69 Å². The maximum Gasteiger partial charge on any atom is 0.205 e. The zero-order chi connectivity index (χ0) is 23.3. The number of ether oxygens (including phenoxy) is 1. The maximum absolute atomic E-state index is 13.0. The van der Waals surface area contributed by atoms with Gasteiger partial charge in [-0.05, 0) is 49.1 Å². The lowest BCUT2D eigenvalue weighted by Gasteiger charge is -2.42. The molecule has 0 saturated heterocycles. The molecule has 166 valence electrons. The summed E-state index contributed by atoms with van der Waals surface area (Å²) in [7, 11) is -3.59. The number of aliphatic imine (C=N–C) groups is 1. The molecule has 8 nitrogen and oxygen atoms in total. The van der Waals surface area contributed by atoms with E-state index in [1.54, 1.807) is 26.8 Å². The van der Waals surface area contributed by atoms with Crippen LogP contribution in [0.15, 0.2) is 35.5 Å². The third kappa shape index (κ3) is 3.49. The monoisotopic (exact) mass is 452 g/mol. The van der Waals surface area contributed by atoms with Crippen molar-refractivity contribution in [3.63, 3.8) is 0 Å². The molecule has 2 aliphatic heterocycles. The first-order chi connectivity index (χ1) is 15.0. The van der Waals surface area contributed by atoms with Gasteiger partial charge >= 0.3 is 0 Å². The quantitative estimate of drug-likeness (QED) is 0.565. The van der Waals surface area contributed by atoms with Gasteiger partial charge in [-0.2, -0.15) is 0 Å². The molecule has 0 saturated carbocycles. The summed E-state index contributed by atoms with van der Waals surface area (Å²) in [5, 5.41) is 0. The number of fused-ring (bicyclic) bond motifs is 2. The molecule has 32 heavy (non-hydrogen) atoms. The van der Waals surface area contributed by atoms with Crippen molar-refractivity contribution in [1.29, 1.82) is 0 Å². The number of hydrogen-bond donors (Lipinski definition) is 1. The second-order valence-corrected chi connectivity index (χ2v) is 11.4. The molecule has 9 heteroatoms. The zero-order valence-corrected chi connectivity index (χ0v) is 19.0. The van der Waals surface area contributed by atoms with E-state index in [-0.39, 0.29) is 30.4 Å². The lowest BCUT2D eigenvalue weighted by molar-refractivity contribution is 0.0609. The van der Waals surface area contributed by atoms with Gasteiger partial charge < -0.3 is 10.5 Å². The van der Waals surface area contributed by atoms with E-state index in [2.05, 4.69) is 14.8 Å². The molecule has 1 aromatic heterocycles. The molecule has 0 bridgehead atoms. The summed E-state index contributed by atoms with van der Waals surface area (Å²) in [6.07, 6.45) is 1.48. The van der Waals surface area contributed by atoms with Gasteiger partial charge in [-0.3, -0.25) is 14.8 Å². The van der Waals surface area contributed by atoms with Gasteiger partial charge in [0.15, 0.2) is 15.6 Å². The van der Waals surface area contributed by atoms with E-state index in [1.165, 1.54) is 6.20 Å². The van der Waals surface area contributed by atoms with Crippen LogP contribution < -0.4 is 5.73 Å². The normalized spacial score (nSPS) is 23.1. The number of carbonyl (C=O) groups excluding carboxylic acids is 1. The van der Waals surface area contributed by atoms with Crippen molar-refractivity contribution in [1.82, 2.24) is 4.98 Å². The molecule has 1 aromatic carbocycles. The Balaban J connectivity index is 1.73. The van der Waals surface area contributed by atoms with E-state index in [9.17, 15) is 13.2 Å². The van der Waals surface area contributed by atoms with Gasteiger partial charge in [0.25, 0.3) is 0 Å². The van der Waals surface area contributed by atoms with Crippen molar-refractivity contribution in [3.05, 3.63) is 69.8 Å². The first-order valence-corrected chi connectivity index (χ1v) is 11.8. The number of Topliss-reactive ketones (excluding diaryl/α,β-unsaturated/α-hetero) is 1. The van der Waals surface area contributed by atoms with Gasteiger partial charge in [0.05, 0.1) is 25.5 Å². The number of ketones is 1. The minimum Gasteiger partial charge on any atom is -0.386 e. The summed E-state index contributed by atoms with van der Waals surface area (Å²) >= 11 is 0. The van der Waals surface area contributed by atoms with Gasteiger partial charge in [0.1, 0.15) is 21.8 Å². The number of aromatic nitrogens is 1. The summed E-state index contributed by atoms with van der Waals surface area (Å²) in [5.41, 5.74) is 8.61. The zero-order valence-electron chi connectivity index (χ0n) is 18.2. The summed E-state index contributed by atoms with van der Waals surface area (Å²) < 4.78 is 30.5. The minimum atomic E-state index is -3.59. The number of pyridine rings is 1. The number of sulfone groups is 1. The van der Waals surface area contributed by atoms with Crippen LogP contribution in [0, 0.1) is 13.5 Å². The standard InChI is InChI=1S/C23H24N4O4S/c1-14-7-17(25-4)10-26-20(14)19(28)9-15-5-6-16-11-31-12-23(18(16)8-15)13-32(29,30)22(2,3)21(24)27-23/h5-8,10H,9,11-13H2,1-3H3,(H2,24,27)/t23-/m0/s1. The maximum atomic E-state index is 13.0. The van der Waals surface area contributed by atoms with Crippen LogP contribution in [-0.2, 0) is 33.1 Å². The lowest BCUT2D eigenvalue weighted by atomic mass is 9.85. The van der Waals surface area contributed by atoms with E-state index in [4.69, 9.17) is 17.0 Å². The number of aryl methyl sites for hydroxylation is 1. The van der Waals surface area contributed by atoms with Crippen molar-refractivity contribution >= 4 is 27.1 Å². The molecular weight excluding hydrogens is 428 g/mol. The Morgan fingerprint density at radius 1 is 1.31 bits per heavy atom. The van der Waals surface area contributed by atoms with Crippen LogP contribution in [0.2, 0.25) is 0 Å². The molecule has 1 atom stereocenters. The molecule has 0 radical (unpaired) electrons. The first kappa shape index (κ1) is 22.1. The Labute approximate surface area is 187 Å². The topological polar surface area (TPSA) is 116 Å². The first-order valence-electron chi connectivity index (χ1n) is 10.1. The van der Waals surface area contributed by atoms with Crippen molar-refractivity contribution in [2.45, 2.75) is 44.1 Å². The van der Waals surface area contributed by atoms with Crippen LogP contribution in [-0.4, -0.2) is 42.1 Å². The fraction of sp³-hybridized carbons (Fsp3) is 0.391. The van der Waals surface area contributed by atoms with Crippen molar-refractivity contribution in [3.8, 4) is 0 Å². The van der Waals surface area contributed by atoms with Gasteiger partial charge in [-0.1, -0.05) is 18.2 Å². The molecule has 0 amide bonds. The fourth-order valence-corrected chi connectivity index (χ4v) is 5.80. The number of hydrogen-bond acceptors (Lipinski definition) is 7. The average Bonchev–Trinajstić information content (AvgIpc) is 2.72. The number of amidine groups is 1. The van der Waals surface area contributed by atoms with Gasteiger partial charge in [-0.15, -0.1) is 0 Å². The molecule has 0 unspecified atom stereocenters. The third-order valence-corrected chi connectivity index (χ3v) is 8.88. The van der Waals surface area contributed by atoms with Crippen LogP contribution in [0.25, 0.3) is 4.85 Å². The Hall–Kier alpha value is -3.09. The molecule has 0 aliphatic carbocycles. The third-order valence-electron chi connectivity index (χ3n) is 6.25. The molecule has 3 heterocycles. The van der Waals surface area contributed by atoms with E-state index in [0.29, 0.717) is 23.6 Å². The average molecular weight is 453 g/mol. The Bertz CT molecular complexity index is 1310. The van der Waals surface area contributed by atoms with Crippen molar-refractivity contribution in [2.24, 2.45) is 10.7 Å². The van der Waals surface area contributed by atoms with E-state index in [0.717, 1.165) is 16.7 Å². The van der Waals surface area contributed by atoms with Crippen LogP contribution >= 0.6 is 0 Å². The highest BCUT2D eigenvalue weighted by molar-refractivity contribution is 7.93. The Kier molecular flexibility index (Phi) is 5.18. The summed E-state index contributed by atoms with van der Waals surface area (Å²) in [6, 6.07) is 7.15. The number of rotatable bonds is 3. The van der Waals surface area contributed by atoms with Crippen molar-refractivity contribution < 1.29 is 17.9 Å². The molecule has 0 fully saturated rings. The minimum absolute atomic E-state index is 0.0569. The molecule has 1 spiro atoms. The van der Waals surface area contributed by atoms with Crippen molar-refractivity contribution in [2.75, 3.05) is 12.4 Å². The number of nitrogens with zero attached hydrogens (tertiary/aromatic N) is 3. The van der Waals surface area contributed by atoms with Gasteiger partial charge in [-0.25, -0.2) is 13.3 Å². The molecule has 4 rings (SSSR count). The van der Waals surface area contributed by atoms with E-state index >= 15 is 0 Å². The highest BCUT2D eigenvalue weighted by Gasteiger charge is 2.52. The van der Waals surface area contributed by atoms with Crippen LogP contribution in [0.1, 0.15) is 46.6 Å². The summed E-state index contributed by atoms with van der Waals surface area (Å²) in [4.78, 5) is 25.0. The Morgan fingerprint density at radius 3 is 2.72 bits per heavy atom. The molecule has 2 aliphatic rings. The SMILES string of the molecule is [C-]#[N+]c1cnc(C(=O)Cc2ccc3c(c2)[C@]2(COC3)CS(=O)(=O)C(C)(C)C(N)=N2)c(C)c1. The highest BCUT2D eigenvalue weighted by atomic mass is 32.2. The smallest absolute Gasteiger partial charge is 0.205 e. The van der Waals surface area contributed by atoms with Gasteiger partial charge in [0, 0.05) is 12.6 Å². The summed E-state index contributed by atoms with van der Waals surface area (Å²) in [6.45, 7) is 12.4. The van der Waals surface area contributed by atoms with E-state index < -0.39 is 20.1 Å². The fourth-order valence-electron chi connectivity index (χ4n) is 4.15. The predicted octanol–water partition coefficient (Wildman–Crippen LogP) is 2.66. The van der Waals surface area contributed by atoms with E-state index in [1.807, 2.05) is 18.2 Å². The largest absolute Gasteiger partial charge is 0.386 e. The van der Waals surface area contributed by atoms with Crippen LogP contribution in [0.3, 0.4) is 0 Å². The molecular formula is C23H24N4O4S. The van der Waals surface area contributed by atoms with Crippen LogP contribution in [0.5, 0.6) is 0 Å². The number of carbonyl (C=O) groups is 1. The second kappa shape index (κ2) is 7.50. The highest BCUT2D eigenvalue weighted by Crippen LogP contribution is 2.41. The second-order valence-electron chi connectivity index (χ2n) is 8.85. The number of benzene rings is 1. The predicted molar refractivity (Wildman–Crippen MR) is 121 cm³/mol.